The number of aryl methyl sites for hydroxylation is 1. The van der Waals surface area contributed by atoms with Crippen molar-refractivity contribution in [3.8, 4) is 0 Å². The molecule has 0 saturated carbocycles. The molecule has 0 bridgehead atoms. The average molecular weight is 337 g/mol. The second-order valence-electron chi connectivity index (χ2n) is 6.30. The molecule has 0 aliphatic carbocycles. The van der Waals surface area contributed by atoms with E-state index in [-0.39, 0.29) is 4.90 Å². The maximum absolute atomic E-state index is 12.6. The lowest BCUT2D eigenvalue weighted by Crippen LogP contribution is -2.28. The van der Waals surface area contributed by atoms with Crippen molar-refractivity contribution in [1.29, 1.82) is 0 Å². The zero-order valence-electron chi connectivity index (χ0n) is 14.3. The summed E-state index contributed by atoms with van der Waals surface area (Å²) >= 11 is 0. The molecular formula is C18H28N2O2S. The molecule has 2 rings (SSSR count). The molecule has 1 aliphatic rings. The summed E-state index contributed by atoms with van der Waals surface area (Å²) in [5.74, 6) is 0.749. The summed E-state index contributed by atoms with van der Waals surface area (Å²) in [5.41, 5.74) is 1.05. The van der Waals surface area contributed by atoms with E-state index in [9.17, 15) is 8.42 Å². The van der Waals surface area contributed by atoms with E-state index >= 15 is 0 Å². The highest BCUT2D eigenvalue weighted by Crippen LogP contribution is 2.18. The number of unbranched alkanes of at least 4 members (excludes halogenated alkanes) is 3. The number of benzene rings is 1. The highest BCUT2D eigenvalue weighted by Gasteiger charge is 2.20. The summed E-state index contributed by atoms with van der Waals surface area (Å²) in [7, 11) is -3.61. The zero-order chi connectivity index (χ0) is 16.7. The zero-order valence-corrected chi connectivity index (χ0v) is 15.1. The summed E-state index contributed by atoms with van der Waals surface area (Å²) < 4.78 is 29.4. The number of amidine groups is 1. The fourth-order valence-corrected chi connectivity index (χ4v) is 3.92. The van der Waals surface area contributed by atoms with E-state index < -0.39 is 10.0 Å². The van der Waals surface area contributed by atoms with Gasteiger partial charge in [0.25, 0.3) is 10.0 Å². The van der Waals surface area contributed by atoms with Gasteiger partial charge in [-0.1, -0.05) is 43.9 Å². The molecule has 0 radical (unpaired) electrons. The Morgan fingerprint density at radius 2 is 1.74 bits per heavy atom. The van der Waals surface area contributed by atoms with Crippen molar-refractivity contribution in [2.75, 3.05) is 13.1 Å². The Kier molecular flexibility index (Phi) is 6.63. The highest BCUT2D eigenvalue weighted by molar-refractivity contribution is 7.90. The predicted octanol–water partition coefficient (Wildman–Crippen LogP) is 4.15. The van der Waals surface area contributed by atoms with E-state index in [4.69, 9.17) is 0 Å². The molecule has 0 unspecified atom stereocenters. The molecule has 4 nitrogen and oxygen atoms in total. The molecular weight excluding hydrogens is 308 g/mol. The van der Waals surface area contributed by atoms with E-state index in [1.54, 1.807) is 12.1 Å². The van der Waals surface area contributed by atoms with Crippen LogP contribution in [0, 0.1) is 6.92 Å². The molecule has 1 fully saturated rings. The van der Waals surface area contributed by atoms with Crippen molar-refractivity contribution in [3.63, 3.8) is 0 Å². The van der Waals surface area contributed by atoms with Crippen LogP contribution in [0.2, 0.25) is 0 Å². The largest absolute Gasteiger partial charge is 0.359 e. The minimum atomic E-state index is -3.61. The minimum absolute atomic E-state index is 0.286. The van der Waals surface area contributed by atoms with Crippen LogP contribution in [-0.4, -0.2) is 32.2 Å². The van der Waals surface area contributed by atoms with Crippen molar-refractivity contribution < 1.29 is 8.42 Å². The van der Waals surface area contributed by atoms with Gasteiger partial charge >= 0.3 is 0 Å². The van der Waals surface area contributed by atoms with Gasteiger partial charge in [-0.25, -0.2) is 0 Å². The van der Waals surface area contributed by atoms with Crippen molar-refractivity contribution in [3.05, 3.63) is 29.8 Å². The molecule has 5 heteroatoms. The van der Waals surface area contributed by atoms with Crippen LogP contribution in [0.15, 0.2) is 33.6 Å². The third kappa shape index (κ3) is 5.34. The first kappa shape index (κ1) is 18.0. The summed E-state index contributed by atoms with van der Waals surface area (Å²) in [6, 6.07) is 6.93. The minimum Gasteiger partial charge on any atom is -0.359 e. The number of likely N-dealkylation sites (tertiary alicyclic amines) is 1. The van der Waals surface area contributed by atoms with Crippen molar-refractivity contribution >= 4 is 15.9 Å². The van der Waals surface area contributed by atoms with Gasteiger partial charge in [0.1, 0.15) is 5.84 Å². The number of sulfonamides is 1. The van der Waals surface area contributed by atoms with Crippen molar-refractivity contribution in [2.24, 2.45) is 4.40 Å². The van der Waals surface area contributed by atoms with Gasteiger partial charge in [-0.05, 0) is 38.3 Å². The van der Waals surface area contributed by atoms with Gasteiger partial charge in [0.15, 0.2) is 0 Å². The fraction of sp³-hybridized carbons (Fsp3) is 0.611. The first-order chi connectivity index (χ1) is 11.0. The SMILES string of the molecule is CCCCCC/C(=N/S(=O)(=O)c1ccc(C)cc1)N1CCCC1. The number of nitrogens with zero attached hydrogens (tertiary/aromatic N) is 2. The Labute approximate surface area is 140 Å². The average Bonchev–Trinajstić information content (AvgIpc) is 3.05. The van der Waals surface area contributed by atoms with Crippen LogP contribution < -0.4 is 0 Å². The van der Waals surface area contributed by atoms with Crippen LogP contribution in [0.1, 0.15) is 57.4 Å². The lowest BCUT2D eigenvalue weighted by molar-refractivity contribution is 0.500. The van der Waals surface area contributed by atoms with Gasteiger partial charge in [-0.3, -0.25) is 0 Å². The van der Waals surface area contributed by atoms with Crippen molar-refractivity contribution in [2.45, 2.75) is 63.7 Å². The standard InChI is InChI=1S/C18H28N2O2S/c1-3-4-5-6-9-18(20-14-7-8-15-20)19-23(21,22)17-12-10-16(2)11-13-17/h10-13H,3-9,14-15H2,1-2H3/b19-18-. The lowest BCUT2D eigenvalue weighted by atomic mass is 10.1. The quantitative estimate of drug-likeness (QED) is 0.427. The van der Waals surface area contributed by atoms with E-state index in [0.29, 0.717) is 0 Å². The van der Waals surface area contributed by atoms with Crippen LogP contribution in [-0.2, 0) is 10.0 Å². The molecule has 128 valence electrons. The van der Waals surface area contributed by atoms with Gasteiger partial charge < -0.3 is 4.90 Å². The summed E-state index contributed by atoms with van der Waals surface area (Å²) in [5, 5.41) is 0. The van der Waals surface area contributed by atoms with Gasteiger partial charge in [0.05, 0.1) is 4.90 Å². The van der Waals surface area contributed by atoms with Gasteiger partial charge in [0, 0.05) is 19.5 Å². The maximum atomic E-state index is 12.6. The Hall–Kier alpha value is -1.36. The fourth-order valence-electron chi connectivity index (χ4n) is 2.85. The Bertz CT molecular complexity index is 615. The molecule has 1 aromatic rings. The number of rotatable bonds is 7. The molecule has 0 N–H and O–H groups in total. The summed E-state index contributed by atoms with van der Waals surface area (Å²) in [6.45, 7) is 5.98. The third-order valence-corrected chi connectivity index (χ3v) is 5.59. The van der Waals surface area contributed by atoms with Crippen LogP contribution in [0.4, 0.5) is 0 Å². The first-order valence-corrected chi connectivity index (χ1v) is 10.1. The highest BCUT2D eigenvalue weighted by atomic mass is 32.2. The van der Waals surface area contributed by atoms with E-state index in [1.165, 1.54) is 12.8 Å². The summed E-state index contributed by atoms with van der Waals surface area (Å²) in [6.07, 6.45) is 7.51. The van der Waals surface area contributed by atoms with E-state index in [0.717, 1.165) is 56.6 Å². The molecule has 1 aromatic carbocycles. The summed E-state index contributed by atoms with van der Waals surface area (Å²) in [4.78, 5) is 2.44. The molecule has 1 heterocycles. The van der Waals surface area contributed by atoms with Gasteiger partial charge in [-0.15, -0.1) is 4.40 Å². The second kappa shape index (κ2) is 8.48. The van der Waals surface area contributed by atoms with Crippen molar-refractivity contribution in [1.82, 2.24) is 4.90 Å². The Balaban J connectivity index is 2.17. The molecule has 0 spiro atoms. The second-order valence-corrected chi connectivity index (χ2v) is 7.90. The van der Waals surface area contributed by atoms with Gasteiger partial charge in [-0.2, -0.15) is 8.42 Å². The lowest BCUT2D eigenvalue weighted by Gasteiger charge is -2.20. The number of hydrogen-bond acceptors (Lipinski definition) is 2. The topological polar surface area (TPSA) is 49.7 Å². The van der Waals surface area contributed by atoms with Gasteiger partial charge in [0.2, 0.25) is 0 Å². The number of hydrogen-bond donors (Lipinski definition) is 0. The first-order valence-electron chi connectivity index (χ1n) is 8.68. The normalized spacial score (nSPS) is 16.1. The molecule has 0 atom stereocenters. The third-order valence-electron chi connectivity index (χ3n) is 4.27. The van der Waals surface area contributed by atoms with E-state index in [2.05, 4.69) is 16.2 Å². The molecule has 1 saturated heterocycles. The van der Waals surface area contributed by atoms with E-state index in [1.807, 2.05) is 19.1 Å². The smallest absolute Gasteiger partial charge is 0.283 e. The monoisotopic (exact) mass is 336 g/mol. The molecule has 23 heavy (non-hydrogen) atoms. The molecule has 1 aliphatic heterocycles. The molecule has 0 amide bonds. The van der Waals surface area contributed by atoms with Crippen LogP contribution in [0.3, 0.4) is 0 Å². The predicted molar refractivity (Wildman–Crippen MR) is 95.4 cm³/mol. The Morgan fingerprint density at radius 1 is 1.09 bits per heavy atom. The molecule has 0 aromatic heterocycles. The van der Waals surface area contributed by atoms with Crippen LogP contribution in [0.5, 0.6) is 0 Å². The van der Waals surface area contributed by atoms with Crippen LogP contribution in [0.25, 0.3) is 0 Å². The maximum Gasteiger partial charge on any atom is 0.283 e. The Morgan fingerprint density at radius 3 is 2.35 bits per heavy atom. The van der Waals surface area contributed by atoms with Crippen LogP contribution >= 0.6 is 0 Å².